The molecule has 2 rings (SSSR count). The average molecular weight is 419 g/mol. The summed E-state index contributed by atoms with van der Waals surface area (Å²) in [5.41, 5.74) is -0.274. The lowest BCUT2D eigenvalue weighted by Gasteiger charge is -2.26. The first-order chi connectivity index (χ1) is 12.6. The van der Waals surface area contributed by atoms with Crippen LogP contribution in [-0.4, -0.2) is 68.8 Å². The summed E-state index contributed by atoms with van der Waals surface area (Å²) in [7, 11) is -0.424. The minimum absolute atomic E-state index is 0.0609. The predicted molar refractivity (Wildman–Crippen MR) is 101 cm³/mol. The van der Waals surface area contributed by atoms with Gasteiger partial charge in [0.2, 0.25) is 15.9 Å². The molecule has 1 amide bonds. The quantitative estimate of drug-likeness (QED) is 0.388. The van der Waals surface area contributed by atoms with E-state index < -0.39 is 14.9 Å². The minimum atomic E-state index is -3.87. The van der Waals surface area contributed by atoms with E-state index in [2.05, 4.69) is 9.62 Å². The number of rotatable bonds is 8. The van der Waals surface area contributed by atoms with Crippen LogP contribution in [0, 0.1) is 10.1 Å². The van der Waals surface area contributed by atoms with Crippen LogP contribution in [-0.2, 0) is 14.8 Å². The van der Waals surface area contributed by atoms with Crippen molar-refractivity contribution in [3.63, 3.8) is 0 Å². The number of hydrogen-bond donors (Lipinski definition) is 1. The Labute approximate surface area is 163 Å². The highest BCUT2D eigenvalue weighted by atomic mass is 35.5. The van der Waals surface area contributed by atoms with Crippen molar-refractivity contribution in [3.05, 3.63) is 33.3 Å². The minimum Gasteiger partial charge on any atom is -0.347 e. The molecule has 0 bridgehead atoms. The zero-order chi connectivity index (χ0) is 20.2. The van der Waals surface area contributed by atoms with Crippen LogP contribution in [0.1, 0.15) is 19.3 Å². The van der Waals surface area contributed by atoms with Crippen molar-refractivity contribution in [1.82, 2.24) is 14.5 Å². The smallest absolute Gasteiger partial charge is 0.271 e. The van der Waals surface area contributed by atoms with Crippen LogP contribution in [0.4, 0.5) is 5.69 Å². The van der Waals surface area contributed by atoms with Crippen molar-refractivity contribution >= 4 is 33.2 Å². The van der Waals surface area contributed by atoms with Gasteiger partial charge in [-0.25, -0.2) is 13.1 Å². The van der Waals surface area contributed by atoms with Gasteiger partial charge in [0.05, 0.1) is 16.0 Å². The molecule has 0 radical (unpaired) electrons. The van der Waals surface area contributed by atoms with Gasteiger partial charge in [0, 0.05) is 39.3 Å². The van der Waals surface area contributed by atoms with Gasteiger partial charge in [0.25, 0.3) is 5.69 Å². The zero-order valence-electron chi connectivity index (χ0n) is 15.2. The third-order valence-electron chi connectivity index (χ3n) is 4.42. The molecule has 1 fully saturated rings. The second-order valence-electron chi connectivity index (χ2n) is 6.55. The van der Waals surface area contributed by atoms with Crippen molar-refractivity contribution in [2.45, 2.75) is 30.2 Å². The molecule has 1 aromatic carbocycles. The topological polar surface area (TPSA) is 113 Å². The van der Waals surface area contributed by atoms with E-state index in [-0.39, 0.29) is 34.1 Å². The molecule has 0 aliphatic carbocycles. The Balaban J connectivity index is 1.91. The third kappa shape index (κ3) is 5.38. The number of non-ortho nitro benzene ring substituents is 1. The van der Waals surface area contributed by atoms with Crippen molar-refractivity contribution in [1.29, 1.82) is 0 Å². The Bertz CT molecular complexity index is 815. The molecule has 11 heteroatoms. The normalized spacial score (nSPS) is 17.8. The first kappa shape index (κ1) is 21.5. The zero-order valence-corrected chi connectivity index (χ0v) is 16.8. The number of likely N-dealkylation sites (tertiary alicyclic amines) is 1. The van der Waals surface area contributed by atoms with Gasteiger partial charge in [-0.1, -0.05) is 11.6 Å². The molecular weight excluding hydrogens is 396 g/mol. The van der Waals surface area contributed by atoms with E-state index in [0.717, 1.165) is 37.6 Å². The fraction of sp³-hybridized carbons (Fsp3) is 0.562. The summed E-state index contributed by atoms with van der Waals surface area (Å²) >= 11 is 5.88. The summed E-state index contributed by atoms with van der Waals surface area (Å²) in [6, 6.07) is 3.08. The predicted octanol–water partition coefficient (Wildman–Crippen LogP) is 1.47. The van der Waals surface area contributed by atoms with Crippen LogP contribution in [0.25, 0.3) is 0 Å². The fourth-order valence-corrected chi connectivity index (χ4v) is 4.67. The van der Waals surface area contributed by atoms with Crippen LogP contribution in [0.15, 0.2) is 23.1 Å². The number of halogens is 1. The molecule has 1 atom stereocenters. The van der Waals surface area contributed by atoms with Crippen molar-refractivity contribution in [3.8, 4) is 0 Å². The van der Waals surface area contributed by atoms with Gasteiger partial charge in [0.1, 0.15) is 4.90 Å². The molecule has 1 aliphatic rings. The summed E-state index contributed by atoms with van der Waals surface area (Å²) in [5, 5.41) is 10.5. The fourth-order valence-electron chi connectivity index (χ4n) is 3.06. The summed E-state index contributed by atoms with van der Waals surface area (Å²) < 4.78 is 27.2. The number of nitro groups is 1. The number of nitrogens with zero attached hydrogens (tertiary/aromatic N) is 3. The molecule has 1 aliphatic heterocycles. The summed E-state index contributed by atoms with van der Waals surface area (Å²) in [6.07, 6.45) is 2.27. The largest absolute Gasteiger partial charge is 0.347 e. The number of nitro benzene ring substituents is 1. The van der Waals surface area contributed by atoms with Gasteiger partial charge in [-0.3, -0.25) is 19.8 Å². The van der Waals surface area contributed by atoms with Crippen LogP contribution >= 0.6 is 11.6 Å². The van der Waals surface area contributed by atoms with E-state index in [0.29, 0.717) is 13.0 Å². The number of nitrogens with one attached hydrogen (secondary N) is 1. The highest BCUT2D eigenvalue weighted by Gasteiger charge is 2.31. The van der Waals surface area contributed by atoms with Gasteiger partial charge in [-0.15, -0.1) is 0 Å². The average Bonchev–Trinajstić information content (AvgIpc) is 3.05. The maximum atomic E-state index is 12.4. The van der Waals surface area contributed by atoms with Crippen molar-refractivity contribution in [2.75, 3.05) is 33.7 Å². The molecule has 1 saturated heterocycles. The van der Waals surface area contributed by atoms with E-state index in [4.69, 9.17) is 11.6 Å². The van der Waals surface area contributed by atoms with Crippen molar-refractivity contribution < 1.29 is 18.1 Å². The summed E-state index contributed by atoms with van der Waals surface area (Å²) in [5.74, 6) is 0.0609. The Morgan fingerprint density at radius 1 is 1.44 bits per heavy atom. The lowest BCUT2D eigenvalue weighted by molar-refractivity contribution is -0.384. The second kappa shape index (κ2) is 8.96. The third-order valence-corrected chi connectivity index (χ3v) is 6.36. The number of hydrogen-bond acceptors (Lipinski definition) is 6. The lowest BCUT2D eigenvalue weighted by atomic mass is 10.2. The molecule has 1 aromatic rings. The molecule has 150 valence electrons. The summed E-state index contributed by atoms with van der Waals surface area (Å²) in [4.78, 5) is 25.7. The molecule has 0 aromatic heterocycles. The molecule has 27 heavy (non-hydrogen) atoms. The Morgan fingerprint density at radius 2 is 2.15 bits per heavy atom. The number of carbonyl (C=O) groups excluding carboxylic acids is 1. The Morgan fingerprint density at radius 3 is 2.74 bits per heavy atom. The van der Waals surface area contributed by atoms with E-state index in [9.17, 15) is 23.3 Å². The number of carbonyl (C=O) groups is 1. The van der Waals surface area contributed by atoms with E-state index >= 15 is 0 Å². The highest BCUT2D eigenvalue weighted by molar-refractivity contribution is 7.89. The van der Waals surface area contributed by atoms with Gasteiger partial charge in [-0.05, 0) is 31.9 Å². The monoisotopic (exact) mass is 418 g/mol. The Kier molecular flexibility index (Phi) is 7.15. The molecular formula is C16H23ClN4O5S. The van der Waals surface area contributed by atoms with Crippen LogP contribution in [0.5, 0.6) is 0 Å². The standard InChI is InChI=1S/C16H23ClN4O5S/c1-19(2)16(22)14-5-3-9-20(14)10-4-8-18-27(25,26)15-7-6-12(21(23)24)11-13(15)17/h6-7,11,14,18H,3-5,8-10H2,1-2H3. The molecule has 0 saturated carbocycles. The molecule has 0 spiro atoms. The van der Waals surface area contributed by atoms with Crippen LogP contribution in [0.2, 0.25) is 5.02 Å². The number of sulfonamides is 1. The number of amides is 1. The van der Waals surface area contributed by atoms with E-state index in [1.165, 1.54) is 0 Å². The molecule has 9 nitrogen and oxygen atoms in total. The van der Waals surface area contributed by atoms with Crippen molar-refractivity contribution in [2.24, 2.45) is 0 Å². The lowest BCUT2D eigenvalue weighted by Crippen LogP contribution is -2.43. The van der Waals surface area contributed by atoms with Gasteiger partial charge in [0.15, 0.2) is 0 Å². The van der Waals surface area contributed by atoms with Gasteiger partial charge < -0.3 is 4.90 Å². The highest BCUT2D eigenvalue weighted by Crippen LogP contribution is 2.26. The molecule has 1 unspecified atom stereocenters. The van der Waals surface area contributed by atoms with Crippen LogP contribution < -0.4 is 4.72 Å². The van der Waals surface area contributed by atoms with Gasteiger partial charge >= 0.3 is 0 Å². The summed E-state index contributed by atoms with van der Waals surface area (Å²) in [6.45, 7) is 1.58. The maximum Gasteiger partial charge on any atom is 0.271 e. The SMILES string of the molecule is CN(C)C(=O)C1CCCN1CCCNS(=O)(=O)c1ccc([N+](=O)[O-])cc1Cl. The molecule has 1 heterocycles. The Hall–Kier alpha value is -1.75. The first-order valence-corrected chi connectivity index (χ1v) is 10.4. The second-order valence-corrected chi connectivity index (χ2v) is 8.69. The first-order valence-electron chi connectivity index (χ1n) is 8.52. The number of benzene rings is 1. The van der Waals surface area contributed by atoms with E-state index in [1.807, 2.05) is 0 Å². The van der Waals surface area contributed by atoms with Crippen LogP contribution in [0.3, 0.4) is 0 Å². The maximum absolute atomic E-state index is 12.4. The number of likely N-dealkylation sites (N-methyl/N-ethyl adjacent to an activating group) is 1. The van der Waals surface area contributed by atoms with Gasteiger partial charge in [-0.2, -0.15) is 0 Å². The van der Waals surface area contributed by atoms with E-state index in [1.54, 1.807) is 19.0 Å². The molecule has 1 N–H and O–H groups in total.